The second-order valence-corrected chi connectivity index (χ2v) is 7.13. The van der Waals surface area contributed by atoms with Crippen LogP contribution in [-0.4, -0.2) is 36.9 Å². The summed E-state index contributed by atoms with van der Waals surface area (Å²) in [5.41, 5.74) is 12.6. The highest BCUT2D eigenvalue weighted by Gasteiger charge is 2.16. The third-order valence-corrected chi connectivity index (χ3v) is 4.90. The van der Waals surface area contributed by atoms with Gasteiger partial charge in [-0.3, -0.25) is 0 Å². The summed E-state index contributed by atoms with van der Waals surface area (Å²) in [6.07, 6.45) is 2.41. The zero-order valence-corrected chi connectivity index (χ0v) is 18.5. The van der Waals surface area contributed by atoms with Gasteiger partial charge in [0.2, 0.25) is 0 Å². The molecule has 0 atom stereocenters. The van der Waals surface area contributed by atoms with E-state index in [1.54, 1.807) is 18.5 Å². The predicted molar refractivity (Wildman–Crippen MR) is 131 cm³/mol. The molecule has 0 spiro atoms. The number of amides is 2. The van der Waals surface area contributed by atoms with Gasteiger partial charge < -0.3 is 26.2 Å². The van der Waals surface area contributed by atoms with Crippen LogP contribution in [0.3, 0.4) is 0 Å². The molecule has 2 aromatic heterocycles. The van der Waals surface area contributed by atoms with Gasteiger partial charge in [0.15, 0.2) is 0 Å². The van der Waals surface area contributed by atoms with Crippen LogP contribution < -0.4 is 11.5 Å². The Morgan fingerprint density at radius 3 is 2.14 bits per heavy atom. The number of carboxylic acid groups (broad SMARTS) is 2. The standard InChI is InChI=1S/C23H13FN4.2CH3NO2/c24-20-10-17(9-8-15(20)11-25)28-21-6-2-1-4-19(21)23-18(5-3-7-22(23)28)16-12-26-14-27-13-16;2*2-1(3)4/h1-10,12-14H;2*2H2,(H,3,4). The Bertz CT molecular complexity index is 1580. The zero-order chi connectivity index (χ0) is 26.2. The smallest absolute Gasteiger partial charge is 0.402 e. The van der Waals surface area contributed by atoms with E-state index in [0.717, 1.165) is 32.9 Å². The number of nitriles is 1. The maximum Gasteiger partial charge on any atom is 0.402 e. The Morgan fingerprint density at radius 2 is 1.53 bits per heavy atom. The van der Waals surface area contributed by atoms with Crippen LogP contribution in [0.15, 0.2) is 79.4 Å². The molecule has 36 heavy (non-hydrogen) atoms. The van der Waals surface area contributed by atoms with Crippen LogP contribution >= 0.6 is 0 Å². The minimum absolute atomic E-state index is 0.0339. The van der Waals surface area contributed by atoms with E-state index in [1.807, 2.05) is 47.0 Å². The first-order chi connectivity index (χ1) is 17.2. The molecule has 0 radical (unpaired) electrons. The number of fused-ring (bicyclic) bond motifs is 3. The number of nitrogens with two attached hydrogens (primary N) is 2. The minimum atomic E-state index is -1.33. The van der Waals surface area contributed by atoms with Gasteiger partial charge >= 0.3 is 12.2 Å². The lowest BCUT2D eigenvalue weighted by atomic mass is 10.0. The summed E-state index contributed by atoms with van der Waals surface area (Å²) in [7, 11) is 0. The van der Waals surface area contributed by atoms with Crippen molar-refractivity contribution in [3.63, 3.8) is 0 Å². The first-order valence-corrected chi connectivity index (χ1v) is 10.2. The highest BCUT2D eigenvalue weighted by molar-refractivity contribution is 6.15. The highest BCUT2D eigenvalue weighted by atomic mass is 19.1. The summed E-state index contributed by atoms with van der Waals surface area (Å²) in [5.74, 6) is -0.529. The summed E-state index contributed by atoms with van der Waals surface area (Å²) in [6, 6.07) is 20.6. The molecule has 3 aromatic carbocycles. The van der Waals surface area contributed by atoms with Crippen molar-refractivity contribution in [3.8, 4) is 22.9 Å². The number of hydrogen-bond acceptors (Lipinski definition) is 5. The first kappa shape index (κ1) is 25.1. The fraction of sp³-hybridized carbons (Fsp3) is 0. The van der Waals surface area contributed by atoms with E-state index in [0.29, 0.717) is 5.69 Å². The van der Waals surface area contributed by atoms with Crippen molar-refractivity contribution in [2.75, 3.05) is 0 Å². The van der Waals surface area contributed by atoms with Gasteiger partial charge in [-0.15, -0.1) is 0 Å². The number of primary amides is 2. The molecule has 0 aliphatic carbocycles. The van der Waals surface area contributed by atoms with Gasteiger partial charge in [0.25, 0.3) is 0 Å². The molecule has 2 heterocycles. The number of para-hydroxylation sites is 1. The quantitative estimate of drug-likeness (QED) is 0.283. The number of carbonyl (C=O) groups is 2. The van der Waals surface area contributed by atoms with Gasteiger partial charge in [-0.1, -0.05) is 30.3 Å². The number of hydrogen-bond donors (Lipinski definition) is 4. The molecule has 0 saturated carbocycles. The summed E-state index contributed by atoms with van der Waals surface area (Å²) in [6.45, 7) is 0. The SMILES string of the molecule is N#Cc1ccc(-n2c3ccccc3c3c(-c4cncnc4)cccc32)cc1F.NC(=O)O.NC(=O)O. The van der Waals surface area contributed by atoms with Crippen LogP contribution in [0.25, 0.3) is 38.6 Å². The normalized spacial score (nSPS) is 9.89. The molecule has 0 aliphatic rings. The lowest BCUT2D eigenvalue weighted by Crippen LogP contribution is -2.03. The molecule has 5 aromatic rings. The Kier molecular flexibility index (Phi) is 7.74. The molecule has 2 amide bonds. The molecule has 0 bridgehead atoms. The molecule has 0 unspecified atom stereocenters. The topological polar surface area (TPSA) is 181 Å². The van der Waals surface area contributed by atoms with Gasteiger partial charge in [0, 0.05) is 34.4 Å². The predicted octanol–water partition coefficient (Wildman–Crippen LogP) is 4.50. The zero-order valence-electron chi connectivity index (χ0n) is 18.5. The molecule has 180 valence electrons. The second-order valence-electron chi connectivity index (χ2n) is 7.13. The fourth-order valence-corrected chi connectivity index (χ4v) is 3.71. The monoisotopic (exact) mass is 486 g/mol. The average Bonchev–Trinajstić information content (AvgIpc) is 3.18. The van der Waals surface area contributed by atoms with E-state index in [4.69, 9.17) is 25.1 Å². The van der Waals surface area contributed by atoms with Crippen LogP contribution in [-0.2, 0) is 0 Å². The Balaban J connectivity index is 0.000000398. The number of aromatic nitrogens is 3. The summed E-state index contributed by atoms with van der Waals surface area (Å²) in [5, 5.41) is 25.5. The second kappa shape index (κ2) is 11.1. The maximum absolute atomic E-state index is 14.3. The Morgan fingerprint density at radius 1 is 0.917 bits per heavy atom. The average molecular weight is 486 g/mol. The molecular formula is C25H19FN6O4. The van der Waals surface area contributed by atoms with Crippen LogP contribution in [0.2, 0.25) is 0 Å². The number of nitrogens with zero attached hydrogens (tertiary/aromatic N) is 4. The molecule has 0 aliphatic heterocycles. The molecule has 11 heteroatoms. The molecule has 0 fully saturated rings. The van der Waals surface area contributed by atoms with Gasteiger partial charge in [0.05, 0.1) is 16.6 Å². The number of halogens is 1. The number of benzene rings is 3. The Labute approximate surface area is 203 Å². The van der Waals surface area contributed by atoms with Gasteiger partial charge in [-0.25, -0.2) is 23.9 Å². The lowest BCUT2D eigenvalue weighted by molar-refractivity contribution is 0.204. The molecular weight excluding hydrogens is 467 g/mol. The van der Waals surface area contributed by atoms with Crippen molar-refractivity contribution in [1.82, 2.24) is 14.5 Å². The fourth-order valence-electron chi connectivity index (χ4n) is 3.71. The molecule has 6 N–H and O–H groups in total. The van der Waals surface area contributed by atoms with E-state index >= 15 is 0 Å². The minimum Gasteiger partial charge on any atom is -0.465 e. The van der Waals surface area contributed by atoms with Crippen molar-refractivity contribution in [3.05, 3.63) is 90.8 Å². The van der Waals surface area contributed by atoms with E-state index in [-0.39, 0.29) is 5.56 Å². The third-order valence-electron chi connectivity index (χ3n) is 4.90. The molecule has 5 rings (SSSR count). The molecule has 0 saturated heterocycles. The van der Waals surface area contributed by atoms with Crippen molar-refractivity contribution >= 4 is 34.0 Å². The van der Waals surface area contributed by atoms with Crippen molar-refractivity contribution in [2.24, 2.45) is 11.5 Å². The lowest BCUT2D eigenvalue weighted by Gasteiger charge is -2.09. The summed E-state index contributed by atoms with van der Waals surface area (Å²) >= 11 is 0. The van der Waals surface area contributed by atoms with E-state index in [9.17, 15) is 4.39 Å². The van der Waals surface area contributed by atoms with Crippen LogP contribution in [0.4, 0.5) is 14.0 Å². The number of rotatable bonds is 2. The van der Waals surface area contributed by atoms with Crippen LogP contribution in [0.5, 0.6) is 0 Å². The summed E-state index contributed by atoms with van der Waals surface area (Å²) < 4.78 is 16.4. The van der Waals surface area contributed by atoms with E-state index in [2.05, 4.69) is 27.5 Å². The highest BCUT2D eigenvalue weighted by Crippen LogP contribution is 2.38. The molecule has 10 nitrogen and oxygen atoms in total. The van der Waals surface area contributed by atoms with Crippen molar-refractivity contribution < 1.29 is 24.2 Å². The maximum atomic E-state index is 14.3. The van der Waals surface area contributed by atoms with E-state index < -0.39 is 18.0 Å². The van der Waals surface area contributed by atoms with Gasteiger partial charge in [0.1, 0.15) is 18.2 Å². The van der Waals surface area contributed by atoms with Gasteiger partial charge in [-0.2, -0.15) is 5.26 Å². The van der Waals surface area contributed by atoms with Gasteiger partial charge in [-0.05, 0) is 35.9 Å². The third kappa shape index (κ3) is 5.52. The van der Waals surface area contributed by atoms with Crippen molar-refractivity contribution in [2.45, 2.75) is 0 Å². The van der Waals surface area contributed by atoms with Crippen LogP contribution in [0, 0.1) is 17.1 Å². The van der Waals surface area contributed by atoms with Crippen molar-refractivity contribution in [1.29, 1.82) is 5.26 Å². The van der Waals surface area contributed by atoms with Crippen LogP contribution in [0.1, 0.15) is 5.56 Å². The van der Waals surface area contributed by atoms with E-state index in [1.165, 1.54) is 18.5 Å². The largest absolute Gasteiger partial charge is 0.465 e. The summed E-state index contributed by atoms with van der Waals surface area (Å²) in [4.78, 5) is 25.8. The Hall–Kier alpha value is -5.50. The first-order valence-electron chi connectivity index (χ1n) is 10.2.